The third-order valence-corrected chi connectivity index (χ3v) is 7.08. The number of carboxylic acids is 1. The number of carboxylic acid groups (broad SMARTS) is 1. The summed E-state index contributed by atoms with van der Waals surface area (Å²) in [6.45, 7) is 1.37. The maximum Gasteiger partial charge on any atom is 0.335 e. The van der Waals surface area contributed by atoms with Crippen LogP contribution in [0.1, 0.15) is 33.7 Å². The Kier molecular flexibility index (Phi) is 7.15. The molecule has 1 aliphatic heterocycles. The summed E-state index contributed by atoms with van der Waals surface area (Å²) in [5.74, 6) is 0.239. The first-order valence-electron chi connectivity index (χ1n) is 12.8. The van der Waals surface area contributed by atoms with Crippen molar-refractivity contribution in [3.05, 3.63) is 106 Å². The summed E-state index contributed by atoms with van der Waals surface area (Å²) in [6.07, 6.45) is 3.21. The van der Waals surface area contributed by atoms with Gasteiger partial charge in [0.15, 0.2) is 5.82 Å². The van der Waals surface area contributed by atoms with Crippen LogP contribution < -0.4 is 4.74 Å². The highest BCUT2D eigenvalue weighted by atomic mass is 35.5. The monoisotopic (exact) mass is 558 g/mol. The van der Waals surface area contributed by atoms with Gasteiger partial charge in [-0.25, -0.2) is 19.2 Å². The van der Waals surface area contributed by atoms with Crippen molar-refractivity contribution in [1.29, 1.82) is 0 Å². The number of halogens is 2. The van der Waals surface area contributed by atoms with Gasteiger partial charge in [-0.1, -0.05) is 41.9 Å². The molecule has 0 saturated carbocycles. The lowest BCUT2D eigenvalue weighted by atomic mass is 10.1. The van der Waals surface area contributed by atoms with Crippen molar-refractivity contribution in [2.75, 3.05) is 6.61 Å². The lowest BCUT2D eigenvalue weighted by Gasteiger charge is -2.27. The van der Waals surface area contributed by atoms with E-state index in [1.54, 1.807) is 42.6 Å². The van der Waals surface area contributed by atoms with Crippen molar-refractivity contribution in [2.45, 2.75) is 32.1 Å². The number of imidazole rings is 1. The van der Waals surface area contributed by atoms with Crippen molar-refractivity contribution in [3.8, 4) is 17.3 Å². The molecule has 0 spiro atoms. The number of carbonyl (C=O) groups is 1. The van der Waals surface area contributed by atoms with Crippen molar-refractivity contribution in [2.24, 2.45) is 0 Å². The van der Waals surface area contributed by atoms with E-state index in [0.717, 1.165) is 41.0 Å². The van der Waals surface area contributed by atoms with E-state index in [2.05, 4.69) is 14.5 Å². The minimum absolute atomic E-state index is 0.0131. The third kappa shape index (κ3) is 5.52. The Morgan fingerprint density at radius 1 is 1.10 bits per heavy atom. The molecular formula is C30H24ClFN4O4. The molecule has 0 unspecified atom stereocenters. The van der Waals surface area contributed by atoms with Gasteiger partial charge in [-0.05, 0) is 42.3 Å². The standard InChI is InChI=1S/C30H24ClFN4O4/c31-22-7-5-21(24(32)15-22)17-40-28-9-11-33-29(35-28)19-3-1-18(2-4-19)13-27-34-25-8-6-20(30(37)38)14-26(25)36(27)16-23-10-12-39-23/h1-9,11,14-15,23H,10,12-13,16-17H2,(H,37,38)/t23-/m0/s1. The number of aromatic carboxylic acids is 1. The van der Waals surface area contributed by atoms with Crippen LogP contribution in [0, 0.1) is 5.82 Å². The second-order valence-electron chi connectivity index (χ2n) is 9.55. The zero-order valence-corrected chi connectivity index (χ0v) is 22.0. The van der Waals surface area contributed by atoms with Gasteiger partial charge in [0, 0.05) is 41.4 Å². The molecule has 1 atom stereocenters. The molecule has 5 aromatic rings. The van der Waals surface area contributed by atoms with E-state index < -0.39 is 11.8 Å². The Bertz CT molecular complexity index is 1700. The van der Waals surface area contributed by atoms with Crippen molar-refractivity contribution >= 4 is 28.6 Å². The average Bonchev–Trinajstić information content (AvgIpc) is 3.26. The van der Waals surface area contributed by atoms with Crippen LogP contribution in [-0.2, 0) is 24.3 Å². The molecule has 10 heteroatoms. The summed E-state index contributed by atoms with van der Waals surface area (Å²) in [7, 11) is 0. The molecule has 1 saturated heterocycles. The minimum Gasteiger partial charge on any atom is -0.478 e. The lowest BCUT2D eigenvalue weighted by Crippen LogP contribution is -2.31. The fraction of sp³-hybridized carbons (Fsp3) is 0.200. The van der Waals surface area contributed by atoms with E-state index in [0.29, 0.717) is 35.3 Å². The molecule has 0 aliphatic carbocycles. The predicted molar refractivity (Wildman–Crippen MR) is 147 cm³/mol. The smallest absolute Gasteiger partial charge is 0.335 e. The number of aromatic nitrogens is 4. The van der Waals surface area contributed by atoms with Crippen LogP contribution in [0.25, 0.3) is 22.4 Å². The summed E-state index contributed by atoms with van der Waals surface area (Å²) in [5.41, 5.74) is 3.96. The molecule has 0 amide bonds. The number of fused-ring (bicyclic) bond motifs is 1. The summed E-state index contributed by atoms with van der Waals surface area (Å²) in [4.78, 5) is 25.2. The van der Waals surface area contributed by atoms with Crippen LogP contribution in [0.4, 0.5) is 4.39 Å². The molecule has 6 rings (SSSR count). The van der Waals surface area contributed by atoms with E-state index >= 15 is 0 Å². The fourth-order valence-corrected chi connectivity index (χ4v) is 4.74. The van der Waals surface area contributed by atoms with Crippen molar-refractivity contribution in [3.63, 3.8) is 0 Å². The van der Waals surface area contributed by atoms with Gasteiger partial charge in [0.25, 0.3) is 0 Å². The molecule has 3 aromatic carbocycles. The molecule has 1 fully saturated rings. The Balaban J connectivity index is 1.20. The molecule has 0 radical (unpaired) electrons. The van der Waals surface area contributed by atoms with E-state index in [-0.39, 0.29) is 18.3 Å². The van der Waals surface area contributed by atoms with Gasteiger partial charge in [0.05, 0.1) is 29.2 Å². The first kappa shape index (κ1) is 25.9. The first-order valence-corrected chi connectivity index (χ1v) is 13.1. The number of rotatable bonds is 9. The summed E-state index contributed by atoms with van der Waals surface area (Å²) in [5, 5.41) is 9.79. The molecule has 0 bridgehead atoms. The third-order valence-electron chi connectivity index (χ3n) is 6.85. The van der Waals surface area contributed by atoms with Crippen LogP contribution in [0.2, 0.25) is 5.02 Å². The zero-order chi connectivity index (χ0) is 27.6. The van der Waals surface area contributed by atoms with E-state index in [1.807, 2.05) is 24.3 Å². The molecule has 40 heavy (non-hydrogen) atoms. The van der Waals surface area contributed by atoms with Gasteiger partial charge in [-0.3, -0.25) is 0 Å². The quantitative estimate of drug-likeness (QED) is 0.239. The molecule has 202 valence electrons. The number of hydrogen-bond donors (Lipinski definition) is 1. The number of ether oxygens (including phenoxy) is 2. The molecule has 2 aromatic heterocycles. The van der Waals surface area contributed by atoms with Crippen LogP contribution in [0.5, 0.6) is 5.88 Å². The highest BCUT2D eigenvalue weighted by molar-refractivity contribution is 6.30. The topological polar surface area (TPSA) is 99.4 Å². The van der Waals surface area contributed by atoms with Crippen LogP contribution >= 0.6 is 11.6 Å². The average molecular weight is 559 g/mol. The van der Waals surface area contributed by atoms with Gasteiger partial charge >= 0.3 is 5.97 Å². The van der Waals surface area contributed by atoms with Crippen molar-refractivity contribution in [1.82, 2.24) is 19.5 Å². The minimum atomic E-state index is -0.972. The molecule has 1 N–H and O–H groups in total. The largest absolute Gasteiger partial charge is 0.478 e. The van der Waals surface area contributed by atoms with E-state index in [9.17, 15) is 14.3 Å². The van der Waals surface area contributed by atoms with E-state index in [4.69, 9.17) is 26.1 Å². The van der Waals surface area contributed by atoms with Gasteiger partial charge in [0.1, 0.15) is 18.2 Å². The zero-order valence-electron chi connectivity index (χ0n) is 21.3. The molecular weight excluding hydrogens is 535 g/mol. The van der Waals surface area contributed by atoms with Crippen molar-refractivity contribution < 1.29 is 23.8 Å². The van der Waals surface area contributed by atoms with E-state index in [1.165, 1.54) is 6.07 Å². The SMILES string of the molecule is O=C(O)c1ccc2nc(Cc3ccc(-c4nccc(OCc5ccc(Cl)cc5F)n4)cc3)n(C[C@@H]3CCO3)c2c1. The Labute approximate surface area is 234 Å². The Morgan fingerprint density at radius 3 is 2.65 bits per heavy atom. The molecule has 8 nitrogen and oxygen atoms in total. The Hall–Kier alpha value is -4.34. The highest BCUT2D eigenvalue weighted by Gasteiger charge is 2.22. The highest BCUT2D eigenvalue weighted by Crippen LogP contribution is 2.25. The normalized spacial score (nSPS) is 14.7. The first-order chi connectivity index (χ1) is 19.4. The van der Waals surface area contributed by atoms with Gasteiger partial charge in [0.2, 0.25) is 5.88 Å². The number of hydrogen-bond acceptors (Lipinski definition) is 6. The van der Waals surface area contributed by atoms with Crippen LogP contribution in [-0.4, -0.2) is 43.3 Å². The van der Waals surface area contributed by atoms with Crippen LogP contribution in [0.15, 0.2) is 72.9 Å². The maximum absolute atomic E-state index is 14.1. The fourth-order valence-electron chi connectivity index (χ4n) is 4.58. The van der Waals surface area contributed by atoms with Crippen LogP contribution in [0.3, 0.4) is 0 Å². The number of nitrogens with zero attached hydrogens (tertiary/aromatic N) is 4. The molecule has 1 aliphatic rings. The summed E-state index contributed by atoms with van der Waals surface area (Å²) >= 11 is 5.82. The second kappa shape index (κ2) is 11.0. The predicted octanol–water partition coefficient (Wildman–Crippen LogP) is 5.94. The van der Waals surface area contributed by atoms with Gasteiger partial charge in [-0.2, -0.15) is 4.98 Å². The second-order valence-corrected chi connectivity index (χ2v) is 9.98. The maximum atomic E-state index is 14.1. The van der Waals surface area contributed by atoms with Gasteiger partial charge < -0.3 is 19.1 Å². The number of benzene rings is 3. The lowest BCUT2D eigenvalue weighted by molar-refractivity contribution is -0.0589. The summed E-state index contributed by atoms with van der Waals surface area (Å²) < 4.78 is 27.5. The summed E-state index contributed by atoms with van der Waals surface area (Å²) in [6, 6.07) is 18.9. The Morgan fingerprint density at radius 2 is 1.93 bits per heavy atom. The van der Waals surface area contributed by atoms with Gasteiger partial charge in [-0.15, -0.1) is 0 Å². The molecule has 3 heterocycles.